The van der Waals surface area contributed by atoms with Crippen molar-refractivity contribution in [2.45, 2.75) is 38.1 Å². The predicted molar refractivity (Wildman–Crippen MR) is 66.8 cm³/mol. The standard InChI is InChI=1S/C11H16BrN3O/c1-16-10-9(12)7-13-11(15-10)14-8-5-3-2-4-6-8/h7-8H,2-6H2,1H3,(H,13,14,15). The summed E-state index contributed by atoms with van der Waals surface area (Å²) in [7, 11) is 1.61. The van der Waals surface area contributed by atoms with Crippen LogP contribution in [0.3, 0.4) is 0 Å². The second-order valence-corrected chi connectivity index (χ2v) is 4.88. The van der Waals surface area contributed by atoms with Gasteiger partial charge in [0.1, 0.15) is 0 Å². The van der Waals surface area contributed by atoms with E-state index in [0.29, 0.717) is 17.9 Å². The molecule has 1 saturated carbocycles. The Balaban J connectivity index is 2.03. The van der Waals surface area contributed by atoms with Crippen LogP contribution in [0.5, 0.6) is 5.88 Å². The summed E-state index contributed by atoms with van der Waals surface area (Å²) in [5, 5.41) is 3.36. The average Bonchev–Trinajstić information content (AvgIpc) is 2.33. The molecule has 1 N–H and O–H groups in total. The molecule has 0 spiro atoms. The van der Waals surface area contributed by atoms with Gasteiger partial charge in [0, 0.05) is 6.04 Å². The predicted octanol–water partition coefficient (Wildman–Crippen LogP) is 2.99. The van der Waals surface area contributed by atoms with Crippen molar-refractivity contribution in [3.05, 3.63) is 10.7 Å². The van der Waals surface area contributed by atoms with Crippen molar-refractivity contribution >= 4 is 21.9 Å². The molecule has 1 aliphatic rings. The number of nitrogens with one attached hydrogen (secondary N) is 1. The summed E-state index contributed by atoms with van der Waals surface area (Å²) >= 11 is 3.34. The summed E-state index contributed by atoms with van der Waals surface area (Å²) in [5.74, 6) is 1.24. The zero-order valence-electron chi connectivity index (χ0n) is 9.37. The first-order chi connectivity index (χ1) is 7.79. The number of ether oxygens (including phenoxy) is 1. The molecule has 16 heavy (non-hydrogen) atoms. The Morgan fingerprint density at radius 3 is 2.81 bits per heavy atom. The second kappa shape index (κ2) is 5.48. The molecule has 1 aromatic heterocycles. The Bertz CT molecular complexity index is 353. The highest BCUT2D eigenvalue weighted by Crippen LogP contribution is 2.24. The van der Waals surface area contributed by atoms with Gasteiger partial charge in [0.05, 0.1) is 17.8 Å². The van der Waals surface area contributed by atoms with Crippen LogP contribution in [0, 0.1) is 0 Å². The van der Waals surface area contributed by atoms with E-state index in [2.05, 4.69) is 31.2 Å². The van der Waals surface area contributed by atoms with Crippen LogP contribution in [0.25, 0.3) is 0 Å². The van der Waals surface area contributed by atoms with E-state index in [-0.39, 0.29) is 0 Å². The number of rotatable bonds is 3. The molecular weight excluding hydrogens is 270 g/mol. The average molecular weight is 286 g/mol. The summed E-state index contributed by atoms with van der Waals surface area (Å²) in [4.78, 5) is 8.53. The van der Waals surface area contributed by atoms with Crippen LogP contribution in [0.15, 0.2) is 10.7 Å². The third-order valence-electron chi connectivity index (χ3n) is 2.84. The van der Waals surface area contributed by atoms with Gasteiger partial charge in [-0.1, -0.05) is 19.3 Å². The van der Waals surface area contributed by atoms with Crippen molar-refractivity contribution < 1.29 is 4.74 Å². The van der Waals surface area contributed by atoms with Crippen molar-refractivity contribution in [2.75, 3.05) is 12.4 Å². The van der Waals surface area contributed by atoms with E-state index in [9.17, 15) is 0 Å². The molecule has 1 aromatic rings. The van der Waals surface area contributed by atoms with Crippen molar-refractivity contribution in [1.29, 1.82) is 0 Å². The van der Waals surface area contributed by atoms with Gasteiger partial charge in [0.15, 0.2) is 0 Å². The van der Waals surface area contributed by atoms with E-state index in [1.807, 2.05) is 0 Å². The topological polar surface area (TPSA) is 47.0 Å². The third kappa shape index (κ3) is 2.84. The van der Waals surface area contributed by atoms with Crippen molar-refractivity contribution in [2.24, 2.45) is 0 Å². The van der Waals surface area contributed by atoms with E-state index >= 15 is 0 Å². The molecule has 0 radical (unpaired) electrons. The fourth-order valence-electron chi connectivity index (χ4n) is 1.99. The normalized spacial score (nSPS) is 17.1. The van der Waals surface area contributed by atoms with Crippen LogP contribution in [-0.4, -0.2) is 23.1 Å². The molecule has 0 aromatic carbocycles. The summed E-state index contributed by atoms with van der Waals surface area (Å²) in [6.45, 7) is 0. The molecule has 0 amide bonds. The van der Waals surface area contributed by atoms with E-state index < -0.39 is 0 Å². The number of aromatic nitrogens is 2. The highest BCUT2D eigenvalue weighted by Gasteiger charge is 2.14. The van der Waals surface area contributed by atoms with E-state index in [4.69, 9.17) is 4.74 Å². The molecule has 0 aliphatic heterocycles. The van der Waals surface area contributed by atoms with Gasteiger partial charge >= 0.3 is 0 Å². The van der Waals surface area contributed by atoms with E-state index in [1.54, 1.807) is 13.3 Å². The number of nitrogens with zero attached hydrogens (tertiary/aromatic N) is 2. The van der Waals surface area contributed by atoms with Crippen LogP contribution in [0.4, 0.5) is 5.95 Å². The molecule has 1 heterocycles. The highest BCUT2D eigenvalue weighted by molar-refractivity contribution is 9.10. The smallest absolute Gasteiger partial charge is 0.232 e. The molecule has 1 aliphatic carbocycles. The zero-order chi connectivity index (χ0) is 11.4. The summed E-state index contributed by atoms with van der Waals surface area (Å²) in [5.41, 5.74) is 0. The highest BCUT2D eigenvalue weighted by atomic mass is 79.9. The first kappa shape index (κ1) is 11.6. The van der Waals surface area contributed by atoms with Crippen LogP contribution in [0.2, 0.25) is 0 Å². The van der Waals surface area contributed by atoms with Crippen molar-refractivity contribution in [3.8, 4) is 5.88 Å². The van der Waals surface area contributed by atoms with Crippen LogP contribution < -0.4 is 10.1 Å². The van der Waals surface area contributed by atoms with Gasteiger partial charge in [-0.3, -0.25) is 0 Å². The Hall–Kier alpha value is -0.840. The minimum atomic E-state index is 0.514. The van der Waals surface area contributed by atoms with Crippen molar-refractivity contribution in [3.63, 3.8) is 0 Å². The molecule has 0 saturated heterocycles. The Morgan fingerprint density at radius 1 is 1.38 bits per heavy atom. The fourth-order valence-corrected chi connectivity index (χ4v) is 2.35. The van der Waals surface area contributed by atoms with Gasteiger partial charge < -0.3 is 10.1 Å². The van der Waals surface area contributed by atoms with Crippen molar-refractivity contribution in [1.82, 2.24) is 9.97 Å². The molecule has 5 heteroatoms. The van der Waals surface area contributed by atoms with Crippen LogP contribution >= 0.6 is 15.9 Å². The van der Waals surface area contributed by atoms with Gasteiger partial charge in [-0.15, -0.1) is 0 Å². The molecule has 2 rings (SSSR count). The minimum Gasteiger partial charge on any atom is -0.480 e. The summed E-state index contributed by atoms with van der Waals surface area (Å²) in [6, 6.07) is 0.514. The molecule has 1 fully saturated rings. The third-order valence-corrected chi connectivity index (χ3v) is 3.39. The quantitative estimate of drug-likeness (QED) is 0.928. The lowest BCUT2D eigenvalue weighted by molar-refractivity contribution is 0.393. The first-order valence-corrected chi connectivity index (χ1v) is 6.42. The summed E-state index contributed by atoms with van der Waals surface area (Å²) < 4.78 is 5.92. The van der Waals surface area contributed by atoms with Gasteiger partial charge in [-0.2, -0.15) is 4.98 Å². The van der Waals surface area contributed by atoms with Gasteiger partial charge in [0.25, 0.3) is 0 Å². The SMILES string of the molecule is COc1nc(NC2CCCCC2)ncc1Br. The molecular formula is C11H16BrN3O. The Kier molecular flexibility index (Phi) is 3.98. The molecule has 88 valence electrons. The monoisotopic (exact) mass is 285 g/mol. The molecule has 4 nitrogen and oxygen atoms in total. The minimum absolute atomic E-state index is 0.514. The number of hydrogen-bond acceptors (Lipinski definition) is 4. The summed E-state index contributed by atoms with van der Waals surface area (Å²) in [6.07, 6.45) is 8.08. The Morgan fingerprint density at radius 2 is 2.12 bits per heavy atom. The lowest BCUT2D eigenvalue weighted by Crippen LogP contribution is -2.23. The van der Waals surface area contributed by atoms with Gasteiger partial charge in [0.2, 0.25) is 11.8 Å². The molecule has 0 unspecified atom stereocenters. The largest absolute Gasteiger partial charge is 0.480 e. The maximum absolute atomic E-state index is 5.14. The second-order valence-electron chi connectivity index (χ2n) is 4.03. The molecule has 0 atom stereocenters. The number of halogens is 1. The number of hydrogen-bond donors (Lipinski definition) is 1. The first-order valence-electron chi connectivity index (χ1n) is 5.62. The van der Waals surface area contributed by atoms with E-state index in [0.717, 1.165) is 4.47 Å². The number of anilines is 1. The number of methoxy groups -OCH3 is 1. The zero-order valence-corrected chi connectivity index (χ0v) is 11.0. The van der Waals surface area contributed by atoms with Crippen LogP contribution in [-0.2, 0) is 0 Å². The fraction of sp³-hybridized carbons (Fsp3) is 0.636. The Labute approximate surface area is 104 Å². The van der Waals surface area contributed by atoms with Gasteiger partial charge in [-0.05, 0) is 28.8 Å². The maximum Gasteiger partial charge on any atom is 0.232 e. The lowest BCUT2D eigenvalue weighted by atomic mass is 9.96. The van der Waals surface area contributed by atoms with Crippen LogP contribution in [0.1, 0.15) is 32.1 Å². The maximum atomic E-state index is 5.14. The molecule has 0 bridgehead atoms. The van der Waals surface area contributed by atoms with Gasteiger partial charge in [-0.25, -0.2) is 4.98 Å². The lowest BCUT2D eigenvalue weighted by Gasteiger charge is -2.22. The van der Waals surface area contributed by atoms with E-state index in [1.165, 1.54) is 32.1 Å².